The highest BCUT2D eigenvalue weighted by Gasteiger charge is 2.16. The molecule has 1 aromatic carbocycles. The molecule has 0 fully saturated rings. The number of esters is 1. The second-order valence-corrected chi connectivity index (χ2v) is 4.86. The Labute approximate surface area is 107 Å². The normalized spacial score (nSPS) is 11.9. The number of hydrogen-bond acceptors (Lipinski definition) is 4. The van der Waals surface area contributed by atoms with Gasteiger partial charge in [-0.25, -0.2) is 4.39 Å². The fourth-order valence-electron chi connectivity index (χ4n) is 1.28. The quantitative estimate of drug-likeness (QED) is 0.581. The predicted molar refractivity (Wildman–Crippen MR) is 63.9 cm³/mol. The first-order valence-corrected chi connectivity index (χ1v) is 6.66. The van der Waals surface area contributed by atoms with Crippen molar-refractivity contribution in [2.75, 3.05) is 12.4 Å². The van der Waals surface area contributed by atoms with Crippen LogP contribution in [0.25, 0.3) is 0 Å². The Morgan fingerprint density at radius 2 is 2.00 bits per heavy atom. The van der Waals surface area contributed by atoms with E-state index in [1.54, 1.807) is 6.92 Å². The van der Waals surface area contributed by atoms with Gasteiger partial charge in [-0.2, -0.15) is 0 Å². The molecule has 4 nitrogen and oxygen atoms in total. The van der Waals surface area contributed by atoms with Crippen molar-refractivity contribution in [2.24, 2.45) is 0 Å². The lowest BCUT2D eigenvalue weighted by atomic mass is 10.3. The molecular formula is C12H13FO4S. The minimum Gasteiger partial charge on any atom is -0.466 e. The van der Waals surface area contributed by atoms with Gasteiger partial charge in [0, 0.05) is 0 Å². The zero-order valence-electron chi connectivity index (χ0n) is 9.85. The Morgan fingerprint density at radius 3 is 2.61 bits per heavy atom. The third-order valence-electron chi connectivity index (χ3n) is 2.02. The summed E-state index contributed by atoms with van der Waals surface area (Å²) in [5, 5.41) is 0. The van der Waals surface area contributed by atoms with Crippen LogP contribution < -0.4 is 0 Å². The van der Waals surface area contributed by atoms with E-state index in [-0.39, 0.29) is 17.3 Å². The molecule has 0 aliphatic rings. The molecule has 6 heteroatoms. The van der Waals surface area contributed by atoms with Crippen LogP contribution in [0.4, 0.5) is 4.39 Å². The van der Waals surface area contributed by atoms with Gasteiger partial charge in [-0.05, 0) is 19.1 Å². The van der Waals surface area contributed by atoms with Gasteiger partial charge in [0.05, 0.1) is 28.1 Å². The van der Waals surface area contributed by atoms with Gasteiger partial charge >= 0.3 is 5.97 Å². The maximum absolute atomic E-state index is 13.3. The van der Waals surface area contributed by atoms with Crippen molar-refractivity contribution < 1.29 is 22.9 Å². The van der Waals surface area contributed by atoms with E-state index >= 15 is 0 Å². The Balaban J connectivity index is 2.58. The number of benzene rings is 1. The van der Waals surface area contributed by atoms with Crippen LogP contribution in [0.2, 0.25) is 0 Å². The zero-order chi connectivity index (χ0) is 13.5. The summed E-state index contributed by atoms with van der Waals surface area (Å²) in [6.45, 7) is 1.81. The van der Waals surface area contributed by atoms with Gasteiger partial charge in [-0.3, -0.25) is 13.8 Å². The SMILES string of the molecule is CCOC(=O)CC(=O)CS(=O)c1ccccc1F. The largest absolute Gasteiger partial charge is 0.466 e. The average Bonchev–Trinajstić information content (AvgIpc) is 2.29. The maximum Gasteiger partial charge on any atom is 0.313 e. The molecule has 0 saturated heterocycles. The van der Waals surface area contributed by atoms with Crippen molar-refractivity contribution in [1.82, 2.24) is 0 Å². The molecule has 0 aliphatic carbocycles. The van der Waals surface area contributed by atoms with E-state index in [2.05, 4.69) is 4.74 Å². The Bertz CT molecular complexity index is 473. The second-order valence-electron chi connectivity index (χ2n) is 3.44. The third kappa shape index (κ3) is 4.37. The number of ketones is 1. The van der Waals surface area contributed by atoms with Crippen molar-refractivity contribution in [3.8, 4) is 0 Å². The Morgan fingerprint density at radius 1 is 1.33 bits per heavy atom. The molecule has 1 aromatic rings. The molecular weight excluding hydrogens is 259 g/mol. The molecule has 98 valence electrons. The lowest BCUT2D eigenvalue weighted by Gasteiger charge is -2.03. The summed E-state index contributed by atoms with van der Waals surface area (Å²) >= 11 is 0. The molecule has 0 aromatic heterocycles. The molecule has 1 unspecified atom stereocenters. The molecule has 0 bridgehead atoms. The molecule has 0 radical (unpaired) electrons. The van der Waals surface area contributed by atoms with Crippen LogP contribution in [0.1, 0.15) is 13.3 Å². The van der Waals surface area contributed by atoms with Crippen molar-refractivity contribution >= 4 is 22.6 Å². The first-order chi connectivity index (χ1) is 8.54. The van der Waals surface area contributed by atoms with Crippen LogP contribution >= 0.6 is 0 Å². The van der Waals surface area contributed by atoms with E-state index in [1.165, 1.54) is 24.3 Å². The van der Waals surface area contributed by atoms with Crippen LogP contribution in [-0.2, 0) is 25.1 Å². The lowest BCUT2D eigenvalue weighted by molar-refractivity contribution is -0.145. The smallest absolute Gasteiger partial charge is 0.313 e. The zero-order valence-corrected chi connectivity index (χ0v) is 10.7. The average molecular weight is 272 g/mol. The van der Waals surface area contributed by atoms with Crippen LogP contribution in [0.3, 0.4) is 0 Å². The molecule has 0 heterocycles. The number of halogens is 1. The van der Waals surface area contributed by atoms with E-state index in [0.29, 0.717) is 0 Å². The van der Waals surface area contributed by atoms with Gasteiger partial charge in [-0.1, -0.05) is 12.1 Å². The standard InChI is InChI=1S/C12H13FO4S/c1-2-17-12(15)7-9(14)8-18(16)11-6-4-3-5-10(11)13/h3-6H,2,7-8H2,1H3. The molecule has 0 spiro atoms. The summed E-state index contributed by atoms with van der Waals surface area (Å²) in [7, 11) is -1.78. The topological polar surface area (TPSA) is 60.4 Å². The van der Waals surface area contributed by atoms with E-state index in [1.807, 2.05) is 0 Å². The number of Topliss-reactive ketones (excluding diaryl/α,β-unsaturated/α-hetero) is 1. The summed E-state index contributed by atoms with van der Waals surface area (Å²) in [6.07, 6.45) is -0.436. The molecule has 0 saturated carbocycles. The van der Waals surface area contributed by atoms with Gasteiger partial charge in [0.15, 0.2) is 5.78 Å². The summed E-state index contributed by atoms with van der Waals surface area (Å²) in [6, 6.07) is 5.52. The van der Waals surface area contributed by atoms with Gasteiger partial charge in [0.25, 0.3) is 0 Å². The van der Waals surface area contributed by atoms with Gasteiger partial charge in [-0.15, -0.1) is 0 Å². The highest BCUT2D eigenvalue weighted by molar-refractivity contribution is 7.85. The Hall–Kier alpha value is -1.56. The van der Waals surface area contributed by atoms with Crippen molar-refractivity contribution in [1.29, 1.82) is 0 Å². The first-order valence-electron chi connectivity index (χ1n) is 5.34. The monoisotopic (exact) mass is 272 g/mol. The molecule has 1 atom stereocenters. The highest BCUT2D eigenvalue weighted by Crippen LogP contribution is 2.12. The van der Waals surface area contributed by atoms with Crippen molar-refractivity contribution in [2.45, 2.75) is 18.2 Å². The van der Waals surface area contributed by atoms with E-state index in [0.717, 1.165) is 0 Å². The first kappa shape index (κ1) is 14.5. The number of carbonyl (C=O) groups excluding carboxylic acids is 2. The number of rotatable bonds is 6. The fourth-order valence-corrected chi connectivity index (χ4v) is 2.34. The predicted octanol–water partition coefficient (Wildman–Crippen LogP) is 1.46. The number of ether oxygens (including phenoxy) is 1. The van der Waals surface area contributed by atoms with E-state index < -0.39 is 34.8 Å². The van der Waals surface area contributed by atoms with E-state index in [9.17, 15) is 18.2 Å². The summed E-state index contributed by atoms with van der Waals surface area (Å²) < 4.78 is 29.6. The number of carbonyl (C=O) groups is 2. The van der Waals surface area contributed by atoms with Crippen LogP contribution in [0.15, 0.2) is 29.2 Å². The molecule has 18 heavy (non-hydrogen) atoms. The lowest BCUT2D eigenvalue weighted by Crippen LogP contribution is -2.17. The van der Waals surface area contributed by atoms with E-state index in [4.69, 9.17) is 0 Å². The van der Waals surface area contributed by atoms with Crippen LogP contribution in [0.5, 0.6) is 0 Å². The Kier molecular flexibility index (Phi) is 5.64. The van der Waals surface area contributed by atoms with Gasteiger partial charge in [0.2, 0.25) is 0 Å². The third-order valence-corrected chi connectivity index (χ3v) is 3.43. The molecule has 0 amide bonds. The molecule has 0 aliphatic heterocycles. The van der Waals surface area contributed by atoms with Crippen LogP contribution in [-0.4, -0.2) is 28.3 Å². The van der Waals surface area contributed by atoms with Gasteiger partial charge < -0.3 is 4.74 Å². The second kappa shape index (κ2) is 7.00. The minimum atomic E-state index is -1.78. The molecule has 0 N–H and O–H groups in total. The van der Waals surface area contributed by atoms with Gasteiger partial charge in [0.1, 0.15) is 12.2 Å². The fraction of sp³-hybridized carbons (Fsp3) is 0.333. The summed E-state index contributed by atoms with van der Waals surface area (Å²) in [5.41, 5.74) is 0. The highest BCUT2D eigenvalue weighted by atomic mass is 32.2. The molecule has 1 rings (SSSR count). The van der Waals surface area contributed by atoms with Crippen LogP contribution in [0, 0.1) is 5.82 Å². The maximum atomic E-state index is 13.3. The number of hydrogen-bond donors (Lipinski definition) is 0. The minimum absolute atomic E-state index is 0.0327. The summed E-state index contributed by atoms with van der Waals surface area (Å²) in [5.74, 6) is -2.21. The summed E-state index contributed by atoms with van der Waals surface area (Å²) in [4.78, 5) is 22.4. The van der Waals surface area contributed by atoms with Crippen molar-refractivity contribution in [3.05, 3.63) is 30.1 Å². The van der Waals surface area contributed by atoms with Crippen molar-refractivity contribution in [3.63, 3.8) is 0 Å².